The normalized spacial score (nSPS) is 19.1. The molecular formula is C34H29ClN2O5. The molecule has 3 unspecified atom stereocenters. The number of carbonyl (C=O) groups excluding carboxylic acids is 4. The molecule has 0 spiro atoms. The molecule has 6 rings (SSSR count). The van der Waals surface area contributed by atoms with E-state index in [2.05, 4.69) is 0 Å². The molecule has 1 saturated carbocycles. The number of carbonyl (C=O) groups is 4. The van der Waals surface area contributed by atoms with Gasteiger partial charge in [0.25, 0.3) is 0 Å². The lowest BCUT2D eigenvalue weighted by molar-refractivity contribution is -0.122. The van der Waals surface area contributed by atoms with E-state index in [9.17, 15) is 19.2 Å². The van der Waals surface area contributed by atoms with Gasteiger partial charge in [-0.15, -0.1) is 0 Å². The van der Waals surface area contributed by atoms with Gasteiger partial charge in [-0.1, -0.05) is 66.4 Å². The number of fused-ring (bicyclic) bond motifs is 2. The predicted octanol–water partition coefficient (Wildman–Crippen LogP) is 6.97. The first kappa shape index (κ1) is 27.8. The molecule has 1 aliphatic carbocycles. The van der Waals surface area contributed by atoms with Crippen LogP contribution >= 0.6 is 11.6 Å². The van der Waals surface area contributed by atoms with Crippen molar-refractivity contribution in [3.8, 4) is 11.3 Å². The molecule has 0 N–H and O–H groups in total. The Morgan fingerprint density at radius 1 is 0.905 bits per heavy atom. The first-order chi connectivity index (χ1) is 20.2. The number of pyridine rings is 1. The summed E-state index contributed by atoms with van der Waals surface area (Å²) in [7, 11) is 0. The van der Waals surface area contributed by atoms with Crippen LogP contribution in [0.25, 0.3) is 22.2 Å². The van der Waals surface area contributed by atoms with Crippen molar-refractivity contribution < 1.29 is 23.9 Å². The van der Waals surface area contributed by atoms with E-state index in [-0.39, 0.29) is 35.0 Å². The highest BCUT2D eigenvalue weighted by atomic mass is 35.5. The molecule has 1 saturated heterocycles. The number of ketones is 1. The predicted molar refractivity (Wildman–Crippen MR) is 161 cm³/mol. The third-order valence-electron chi connectivity index (χ3n) is 8.24. The number of anilines is 1. The van der Waals surface area contributed by atoms with Crippen molar-refractivity contribution in [2.45, 2.75) is 45.6 Å². The monoisotopic (exact) mass is 580 g/mol. The Hall–Kier alpha value is -4.36. The number of esters is 1. The molecule has 0 bridgehead atoms. The maximum Gasteiger partial charge on any atom is 0.339 e. The highest BCUT2D eigenvalue weighted by Gasteiger charge is 2.48. The molecular weight excluding hydrogens is 552 g/mol. The molecule has 3 aromatic carbocycles. The van der Waals surface area contributed by atoms with Gasteiger partial charge >= 0.3 is 5.97 Å². The molecule has 3 atom stereocenters. The minimum Gasteiger partial charge on any atom is -0.451 e. The maximum atomic E-state index is 13.5. The van der Waals surface area contributed by atoms with Crippen LogP contribution in [0.4, 0.5) is 5.69 Å². The summed E-state index contributed by atoms with van der Waals surface area (Å²) < 4.78 is 5.64. The summed E-state index contributed by atoms with van der Waals surface area (Å²) in [5, 5.41) is 0.929. The van der Waals surface area contributed by atoms with Crippen LogP contribution in [0.5, 0.6) is 0 Å². The van der Waals surface area contributed by atoms with Gasteiger partial charge in [-0.2, -0.15) is 0 Å². The minimum absolute atomic E-state index is 0.127. The number of aromatic nitrogens is 1. The Kier molecular flexibility index (Phi) is 7.37. The van der Waals surface area contributed by atoms with Crippen LogP contribution < -0.4 is 4.90 Å². The minimum atomic E-state index is -1.01. The number of halogens is 1. The second-order valence-electron chi connectivity index (χ2n) is 11.1. The Bertz CT molecular complexity index is 1710. The Morgan fingerprint density at radius 3 is 2.19 bits per heavy atom. The highest BCUT2D eigenvalue weighted by molar-refractivity contribution is 6.31. The van der Waals surface area contributed by atoms with Crippen LogP contribution in [0.3, 0.4) is 0 Å². The largest absolute Gasteiger partial charge is 0.451 e. The zero-order chi connectivity index (χ0) is 29.5. The van der Waals surface area contributed by atoms with Crippen molar-refractivity contribution in [2.24, 2.45) is 11.8 Å². The van der Waals surface area contributed by atoms with E-state index < -0.39 is 12.1 Å². The van der Waals surface area contributed by atoms with Crippen LogP contribution in [0, 0.1) is 18.8 Å². The van der Waals surface area contributed by atoms with Crippen LogP contribution in [0.2, 0.25) is 5.02 Å². The number of imide groups is 1. The fraction of sp³-hybridized carbons (Fsp3) is 0.265. The first-order valence-corrected chi connectivity index (χ1v) is 14.5. The number of ether oxygens (including phenoxy) is 1. The number of amides is 2. The van der Waals surface area contributed by atoms with E-state index in [0.717, 1.165) is 31.2 Å². The van der Waals surface area contributed by atoms with E-state index in [1.807, 2.05) is 19.1 Å². The third kappa shape index (κ3) is 5.09. The molecule has 42 heavy (non-hydrogen) atoms. The maximum absolute atomic E-state index is 13.5. The van der Waals surface area contributed by atoms with E-state index in [4.69, 9.17) is 21.3 Å². The van der Waals surface area contributed by atoms with Gasteiger partial charge < -0.3 is 4.74 Å². The molecule has 212 valence electrons. The van der Waals surface area contributed by atoms with Crippen LogP contribution in [-0.2, 0) is 14.3 Å². The van der Waals surface area contributed by atoms with Gasteiger partial charge in [-0.05, 0) is 63.1 Å². The summed E-state index contributed by atoms with van der Waals surface area (Å²) in [5.41, 5.74) is 3.93. The SMILES string of the molecule is Cc1ccc(C(=O)C(C)OC(=O)c2cc(-c3ccc(N4C(=O)C5CCCCC5C4=O)cc3)nc3ccc(Cl)cc23)cc1. The summed E-state index contributed by atoms with van der Waals surface area (Å²) >= 11 is 6.26. The Balaban J connectivity index is 1.30. The molecule has 2 aliphatic rings. The number of nitrogens with zero attached hydrogens (tertiary/aromatic N) is 2. The summed E-state index contributed by atoms with van der Waals surface area (Å²) in [6.45, 7) is 3.48. The van der Waals surface area contributed by atoms with E-state index in [0.29, 0.717) is 38.4 Å². The van der Waals surface area contributed by atoms with Gasteiger partial charge in [-0.3, -0.25) is 19.3 Å². The average molecular weight is 581 g/mol. The van der Waals surface area contributed by atoms with Crippen molar-refractivity contribution in [3.63, 3.8) is 0 Å². The number of Topliss-reactive ketones (excluding diaryl/α,β-unsaturated/α-hetero) is 1. The molecule has 4 aromatic rings. The second-order valence-corrected chi connectivity index (χ2v) is 11.5. The summed E-state index contributed by atoms with van der Waals surface area (Å²) in [6.07, 6.45) is 2.43. The second kappa shape index (κ2) is 11.1. The number of rotatable bonds is 6. The number of benzene rings is 3. The molecule has 1 aliphatic heterocycles. The number of hydrogen-bond acceptors (Lipinski definition) is 6. The van der Waals surface area contributed by atoms with Gasteiger partial charge in [0.1, 0.15) is 0 Å². The molecule has 7 nitrogen and oxygen atoms in total. The Labute approximate surface area is 248 Å². The highest BCUT2D eigenvalue weighted by Crippen LogP contribution is 2.40. The number of aryl methyl sites for hydroxylation is 1. The van der Waals surface area contributed by atoms with Crippen LogP contribution in [-0.4, -0.2) is 34.7 Å². The van der Waals surface area contributed by atoms with Gasteiger partial charge in [-0.25, -0.2) is 9.78 Å². The zero-order valence-electron chi connectivity index (χ0n) is 23.3. The number of hydrogen-bond donors (Lipinski definition) is 0. The summed E-state index contributed by atoms with van der Waals surface area (Å²) in [5.74, 6) is -1.69. The summed E-state index contributed by atoms with van der Waals surface area (Å²) in [6, 6.07) is 20.8. The van der Waals surface area contributed by atoms with Crippen LogP contribution in [0.1, 0.15) is 58.9 Å². The quantitative estimate of drug-likeness (QED) is 0.139. The van der Waals surface area contributed by atoms with Gasteiger partial charge in [0.15, 0.2) is 6.10 Å². The molecule has 8 heteroatoms. The van der Waals surface area contributed by atoms with Crippen molar-refractivity contribution in [3.05, 3.63) is 94.5 Å². The molecule has 1 aromatic heterocycles. The third-order valence-corrected chi connectivity index (χ3v) is 8.48. The van der Waals surface area contributed by atoms with E-state index in [1.165, 1.54) is 4.90 Å². The van der Waals surface area contributed by atoms with Gasteiger partial charge in [0.05, 0.1) is 34.3 Å². The van der Waals surface area contributed by atoms with Crippen molar-refractivity contribution in [2.75, 3.05) is 4.90 Å². The van der Waals surface area contributed by atoms with E-state index >= 15 is 0 Å². The lowest BCUT2D eigenvalue weighted by Gasteiger charge is -2.19. The molecule has 2 fully saturated rings. The van der Waals surface area contributed by atoms with Crippen LogP contribution in [0.15, 0.2) is 72.8 Å². The summed E-state index contributed by atoms with van der Waals surface area (Å²) in [4.78, 5) is 58.5. The smallest absolute Gasteiger partial charge is 0.339 e. The van der Waals surface area contributed by atoms with Gasteiger partial charge in [0.2, 0.25) is 17.6 Å². The van der Waals surface area contributed by atoms with Crippen molar-refractivity contribution in [1.82, 2.24) is 4.98 Å². The zero-order valence-corrected chi connectivity index (χ0v) is 24.1. The lowest BCUT2D eigenvalue weighted by atomic mass is 9.81. The van der Waals surface area contributed by atoms with Crippen molar-refractivity contribution >= 4 is 51.8 Å². The Morgan fingerprint density at radius 2 is 1.55 bits per heavy atom. The average Bonchev–Trinajstić information content (AvgIpc) is 3.26. The van der Waals surface area contributed by atoms with Gasteiger partial charge in [0, 0.05) is 21.5 Å². The first-order valence-electron chi connectivity index (χ1n) is 14.1. The topological polar surface area (TPSA) is 93.6 Å². The lowest BCUT2D eigenvalue weighted by Crippen LogP contribution is -2.30. The van der Waals surface area contributed by atoms with E-state index in [1.54, 1.807) is 67.6 Å². The fourth-order valence-corrected chi connectivity index (χ4v) is 6.11. The van der Waals surface area contributed by atoms with Crippen molar-refractivity contribution in [1.29, 1.82) is 0 Å². The standard InChI is InChI=1S/C34H29ClN2O5/c1-19-7-9-22(10-8-19)31(38)20(2)42-34(41)28-18-30(36-29-16-13-23(35)17-27(28)29)21-11-14-24(15-12-21)37-32(39)25-5-3-4-6-26(25)33(37)40/h7-18,20,25-26H,3-6H2,1-2H3. The molecule has 0 radical (unpaired) electrons. The molecule has 2 heterocycles. The fourth-order valence-electron chi connectivity index (χ4n) is 5.94. The molecule has 2 amide bonds.